The minimum Gasteiger partial charge on any atom is -0.458 e. The molecule has 2 aromatic rings. The lowest BCUT2D eigenvalue weighted by atomic mass is 10.2. The summed E-state index contributed by atoms with van der Waals surface area (Å²) in [6.07, 6.45) is -0.656. The van der Waals surface area contributed by atoms with Gasteiger partial charge < -0.3 is 9.52 Å². The maximum absolute atomic E-state index is 9.40. The Balaban J connectivity index is 2.52. The molecule has 17 heavy (non-hydrogen) atoms. The Bertz CT molecular complexity index is 526. The first kappa shape index (κ1) is 13.0. The Morgan fingerprint density at radius 3 is 2.29 bits per heavy atom. The van der Waals surface area contributed by atoms with Crippen molar-refractivity contribution >= 4 is 39.1 Å². The van der Waals surface area contributed by atoms with Gasteiger partial charge in [-0.2, -0.15) is 0 Å². The molecule has 1 unspecified atom stereocenters. The average Bonchev–Trinajstić information content (AvgIpc) is 2.65. The van der Waals surface area contributed by atoms with Gasteiger partial charge in [0.25, 0.3) is 0 Å². The van der Waals surface area contributed by atoms with Crippen LogP contribution in [-0.4, -0.2) is 5.11 Å². The SMILES string of the molecule is CC(O)c1ccc(-c2c(Cl)cc(Br)cc2Cl)o1. The number of furan rings is 1. The van der Waals surface area contributed by atoms with Crippen molar-refractivity contribution in [2.24, 2.45) is 0 Å². The highest BCUT2D eigenvalue weighted by Gasteiger charge is 2.15. The molecule has 1 heterocycles. The van der Waals surface area contributed by atoms with Crippen LogP contribution in [0.2, 0.25) is 10.0 Å². The highest BCUT2D eigenvalue weighted by Crippen LogP contribution is 2.38. The fourth-order valence-corrected chi connectivity index (χ4v) is 2.88. The van der Waals surface area contributed by atoms with Crippen LogP contribution in [0.5, 0.6) is 0 Å². The van der Waals surface area contributed by atoms with E-state index in [4.69, 9.17) is 27.6 Å². The Morgan fingerprint density at radius 2 is 1.82 bits per heavy atom. The van der Waals surface area contributed by atoms with E-state index in [9.17, 15) is 5.11 Å². The Kier molecular flexibility index (Phi) is 3.83. The van der Waals surface area contributed by atoms with Crippen molar-refractivity contribution < 1.29 is 9.52 Å². The van der Waals surface area contributed by atoms with Crippen LogP contribution in [0.3, 0.4) is 0 Å². The molecule has 2 rings (SSSR count). The van der Waals surface area contributed by atoms with Crippen LogP contribution < -0.4 is 0 Å². The molecular weight excluding hydrogens is 327 g/mol. The van der Waals surface area contributed by atoms with Crippen LogP contribution in [0.1, 0.15) is 18.8 Å². The van der Waals surface area contributed by atoms with Gasteiger partial charge in [0.1, 0.15) is 17.6 Å². The summed E-state index contributed by atoms with van der Waals surface area (Å²) in [6.45, 7) is 1.63. The third-order valence-corrected chi connectivity index (χ3v) is 3.35. The van der Waals surface area contributed by atoms with Crippen LogP contribution in [0.25, 0.3) is 11.3 Å². The number of hydrogen-bond acceptors (Lipinski definition) is 2. The van der Waals surface area contributed by atoms with Gasteiger partial charge in [0.05, 0.1) is 15.6 Å². The summed E-state index contributed by atoms with van der Waals surface area (Å²) < 4.78 is 6.30. The topological polar surface area (TPSA) is 33.4 Å². The van der Waals surface area contributed by atoms with Gasteiger partial charge in [-0.25, -0.2) is 0 Å². The average molecular weight is 336 g/mol. The first-order chi connectivity index (χ1) is 7.99. The maximum Gasteiger partial charge on any atom is 0.137 e. The van der Waals surface area contributed by atoms with Crippen LogP contribution in [0.15, 0.2) is 33.2 Å². The molecule has 1 aromatic carbocycles. The van der Waals surface area contributed by atoms with Crippen LogP contribution in [0.4, 0.5) is 0 Å². The van der Waals surface area contributed by atoms with E-state index in [1.807, 2.05) is 0 Å². The highest BCUT2D eigenvalue weighted by atomic mass is 79.9. The Labute approximate surface area is 117 Å². The van der Waals surface area contributed by atoms with Crippen molar-refractivity contribution in [2.75, 3.05) is 0 Å². The molecule has 1 aromatic heterocycles. The van der Waals surface area contributed by atoms with Gasteiger partial charge in [0.2, 0.25) is 0 Å². The van der Waals surface area contributed by atoms with Gasteiger partial charge in [0.15, 0.2) is 0 Å². The molecule has 1 atom stereocenters. The zero-order chi connectivity index (χ0) is 12.6. The first-order valence-electron chi connectivity index (χ1n) is 4.91. The van der Waals surface area contributed by atoms with Crippen molar-refractivity contribution in [1.82, 2.24) is 0 Å². The fourth-order valence-electron chi connectivity index (χ4n) is 1.49. The minimum absolute atomic E-state index is 0.482. The molecule has 0 aliphatic heterocycles. The van der Waals surface area contributed by atoms with Crippen molar-refractivity contribution in [2.45, 2.75) is 13.0 Å². The van der Waals surface area contributed by atoms with Crippen molar-refractivity contribution in [1.29, 1.82) is 0 Å². The summed E-state index contributed by atoms with van der Waals surface area (Å²) in [5, 5.41) is 10.4. The molecule has 0 saturated carbocycles. The summed E-state index contributed by atoms with van der Waals surface area (Å²) in [6, 6.07) is 6.93. The van der Waals surface area contributed by atoms with Crippen molar-refractivity contribution in [3.63, 3.8) is 0 Å². The Morgan fingerprint density at radius 1 is 1.24 bits per heavy atom. The van der Waals surface area contributed by atoms with E-state index < -0.39 is 6.10 Å². The highest BCUT2D eigenvalue weighted by molar-refractivity contribution is 9.10. The number of rotatable bonds is 2. The molecule has 5 heteroatoms. The van der Waals surface area contributed by atoms with Gasteiger partial charge in [0, 0.05) is 4.47 Å². The molecule has 0 aliphatic rings. The molecule has 0 saturated heterocycles. The smallest absolute Gasteiger partial charge is 0.137 e. The summed E-state index contributed by atoms with van der Waals surface area (Å²) in [7, 11) is 0. The van der Waals surface area contributed by atoms with Gasteiger partial charge in [-0.15, -0.1) is 0 Å². The molecule has 0 spiro atoms. The molecule has 1 N–H and O–H groups in total. The predicted octanol–water partition coefficient (Wildman–Crippen LogP) is 5.07. The van der Waals surface area contributed by atoms with Crippen molar-refractivity contribution in [3.8, 4) is 11.3 Å². The zero-order valence-corrected chi connectivity index (χ0v) is 12.0. The van der Waals surface area contributed by atoms with Gasteiger partial charge in [-0.3, -0.25) is 0 Å². The number of hydrogen-bond donors (Lipinski definition) is 1. The van der Waals surface area contributed by atoms with E-state index in [0.717, 1.165) is 4.47 Å². The molecule has 0 aliphatic carbocycles. The standard InChI is InChI=1S/C12H9BrCl2O2/c1-6(16)10-2-3-11(17-10)12-8(14)4-7(13)5-9(12)15/h2-6,16H,1H3. The molecule has 0 amide bonds. The molecule has 0 bridgehead atoms. The van der Waals surface area contributed by atoms with Crippen LogP contribution in [-0.2, 0) is 0 Å². The molecule has 2 nitrogen and oxygen atoms in total. The predicted molar refractivity (Wildman–Crippen MR) is 72.5 cm³/mol. The fraction of sp³-hybridized carbons (Fsp3) is 0.167. The largest absolute Gasteiger partial charge is 0.458 e. The number of aliphatic hydroxyl groups is 1. The third-order valence-electron chi connectivity index (χ3n) is 2.29. The normalized spacial score (nSPS) is 12.8. The second-order valence-electron chi connectivity index (χ2n) is 3.62. The quantitative estimate of drug-likeness (QED) is 0.831. The van der Waals surface area contributed by atoms with E-state index in [1.165, 1.54) is 0 Å². The lowest BCUT2D eigenvalue weighted by molar-refractivity contribution is 0.170. The van der Waals surface area contributed by atoms with Crippen LogP contribution >= 0.6 is 39.1 Å². The minimum atomic E-state index is -0.656. The zero-order valence-electron chi connectivity index (χ0n) is 8.88. The second kappa shape index (κ2) is 5.02. The van der Waals surface area contributed by atoms with E-state index in [1.54, 1.807) is 31.2 Å². The summed E-state index contributed by atoms with van der Waals surface area (Å²) >= 11 is 15.6. The van der Waals surface area contributed by atoms with Gasteiger partial charge in [-0.05, 0) is 31.2 Å². The molecule has 0 radical (unpaired) electrons. The number of halogens is 3. The number of benzene rings is 1. The van der Waals surface area contributed by atoms with Gasteiger partial charge >= 0.3 is 0 Å². The van der Waals surface area contributed by atoms with Crippen LogP contribution in [0, 0.1) is 0 Å². The monoisotopic (exact) mass is 334 g/mol. The second-order valence-corrected chi connectivity index (χ2v) is 5.35. The van der Waals surface area contributed by atoms with Gasteiger partial charge in [-0.1, -0.05) is 39.1 Å². The first-order valence-corrected chi connectivity index (χ1v) is 6.46. The van der Waals surface area contributed by atoms with Crippen molar-refractivity contribution in [3.05, 3.63) is 44.5 Å². The lowest BCUT2D eigenvalue weighted by Gasteiger charge is -2.05. The lowest BCUT2D eigenvalue weighted by Crippen LogP contribution is -1.86. The van der Waals surface area contributed by atoms with E-state index in [2.05, 4.69) is 15.9 Å². The Hall–Kier alpha value is -0.480. The van der Waals surface area contributed by atoms with E-state index in [-0.39, 0.29) is 0 Å². The summed E-state index contributed by atoms with van der Waals surface area (Å²) in [4.78, 5) is 0. The maximum atomic E-state index is 9.40. The van der Waals surface area contributed by atoms with E-state index in [0.29, 0.717) is 27.1 Å². The molecular formula is C12H9BrCl2O2. The number of aliphatic hydroxyl groups excluding tert-OH is 1. The third kappa shape index (κ3) is 2.68. The van der Waals surface area contributed by atoms with E-state index >= 15 is 0 Å². The summed E-state index contributed by atoms with van der Waals surface area (Å²) in [5.74, 6) is 1.03. The molecule has 0 fully saturated rings. The summed E-state index contributed by atoms with van der Waals surface area (Å²) in [5.41, 5.74) is 0.628. The molecule has 90 valence electrons.